The number of aliphatic hydroxyl groups is 1. The lowest BCUT2D eigenvalue weighted by Gasteiger charge is -2.42. The van der Waals surface area contributed by atoms with E-state index in [0.29, 0.717) is 11.4 Å². The van der Waals surface area contributed by atoms with Crippen molar-refractivity contribution in [2.75, 3.05) is 31.8 Å². The molecular weight excluding hydrogens is 492 g/mol. The fraction of sp³-hybridized carbons (Fsp3) is 0.607. The van der Waals surface area contributed by atoms with Crippen molar-refractivity contribution >= 4 is 35.2 Å². The summed E-state index contributed by atoms with van der Waals surface area (Å²) in [5, 5.41) is 10.3. The lowest BCUT2D eigenvalue weighted by atomic mass is 9.66. The predicted octanol–water partition coefficient (Wildman–Crippen LogP) is 3.13. The van der Waals surface area contributed by atoms with E-state index in [1.165, 1.54) is 0 Å². The zero-order valence-corrected chi connectivity index (χ0v) is 23.1. The van der Waals surface area contributed by atoms with Gasteiger partial charge in [-0.1, -0.05) is 26.8 Å². The quantitative estimate of drug-likeness (QED) is 0.367. The van der Waals surface area contributed by atoms with E-state index < -0.39 is 28.7 Å². The van der Waals surface area contributed by atoms with E-state index >= 15 is 0 Å². The highest BCUT2D eigenvalue weighted by Gasteiger charge is 2.77. The molecule has 8 nitrogen and oxygen atoms in total. The summed E-state index contributed by atoms with van der Waals surface area (Å²) >= 11 is 1.60. The number of hydrogen-bond donors (Lipinski definition) is 1. The first-order chi connectivity index (χ1) is 17.7. The molecule has 4 rings (SSSR count). The van der Waals surface area contributed by atoms with Gasteiger partial charge >= 0.3 is 5.97 Å². The second-order valence-electron chi connectivity index (χ2n) is 10.5. The Hall–Kier alpha value is -2.52. The molecule has 2 amide bonds. The lowest BCUT2D eigenvalue weighted by molar-refractivity contribution is -0.154. The third-order valence-corrected chi connectivity index (χ3v) is 10.3. The first kappa shape index (κ1) is 27.5. The van der Waals surface area contributed by atoms with Gasteiger partial charge in [-0.15, -0.1) is 18.3 Å². The summed E-state index contributed by atoms with van der Waals surface area (Å²) in [5.74, 6) is -1.52. The number of anilines is 1. The van der Waals surface area contributed by atoms with Gasteiger partial charge in [0.15, 0.2) is 0 Å². The number of methoxy groups -OCH3 is 1. The van der Waals surface area contributed by atoms with Crippen molar-refractivity contribution < 1.29 is 29.0 Å². The van der Waals surface area contributed by atoms with Crippen molar-refractivity contribution in [1.82, 2.24) is 4.90 Å². The van der Waals surface area contributed by atoms with Crippen LogP contribution in [0.1, 0.15) is 34.1 Å². The van der Waals surface area contributed by atoms with E-state index in [1.807, 2.05) is 26.0 Å². The number of nitrogens with zero attached hydrogens (tertiary/aromatic N) is 2. The van der Waals surface area contributed by atoms with Crippen molar-refractivity contribution in [2.24, 2.45) is 23.7 Å². The zero-order chi connectivity index (χ0) is 27.1. The Morgan fingerprint density at radius 2 is 2.00 bits per heavy atom. The zero-order valence-electron chi connectivity index (χ0n) is 22.3. The molecule has 0 aromatic heterocycles. The van der Waals surface area contributed by atoms with E-state index in [4.69, 9.17) is 9.47 Å². The maximum Gasteiger partial charge on any atom is 0.310 e. The van der Waals surface area contributed by atoms with Crippen LogP contribution in [0, 0.1) is 23.7 Å². The van der Waals surface area contributed by atoms with E-state index in [1.54, 1.807) is 53.8 Å². The predicted molar refractivity (Wildman–Crippen MR) is 143 cm³/mol. The maximum absolute atomic E-state index is 14.6. The van der Waals surface area contributed by atoms with Crippen LogP contribution in [0.15, 0.2) is 36.9 Å². The number of hydrogen-bond acceptors (Lipinski definition) is 7. The molecule has 0 radical (unpaired) electrons. The normalized spacial score (nSPS) is 30.8. The average molecular weight is 531 g/mol. The Balaban J connectivity index is 1.85. The minimum absolute atomic E-state index is 0.0223. The van der Waals surface area contributed by atoms with Crippen LogP contribution in [0.4, 0.5) is 5.69 Å². The van der Waals surface area contributed by atoms with Gasteiger partial charge in [0.25, 0.3) is 5.91 Å². The number of likely N-dealkylation sites (tertiary alicyclic amines) is 1. The second-order valence-corrected chi connectivity index (χ2v) is 12.0. The molecule has 3 fully saturated rings. The molecule has 3 aliphatic rings. The van der Waals surface area contributed by atoms with Gasteiger partial charge in [0.2, 0.25) is 5.91 Å². The molecule has 3 heterocycles. The first-order valence-electron chi connectivity index (χ1n) is 13.0. The fourth-order valence-corrected chi connectivity index (χ4v) is 8.97. The minimum atomic E-state index is -0.837. The molecule has 9 heteroatoms. The SMILES string of the molecule is C=CCN(C(=O)C1N([C@@H](CO)C(C)C)C(=O)[C@@H]2[C@H](C(=O)OCC)[C@@H]3CC(C)C12S3)c1ccc(OC)cc1. The summed E-state index contributed by atoms with van der Waals surface area (Å²) < 4.78 is 9.91. The number of carbonyl (C=O) groups is 3. The standard InChI is InChI=1S/C28H38N2O6S/c1-7-13-29(18-9-11-19(35-6)12-10-18)26(33)24-28-17(5)14-21(37-28)22(27(34)36-8-2)23(28)25(32)30(24)20(15-31)16(3)4/h7,9-12,16-17,20-24,31H,1,8,13-15H2,2-6H3/t17?,20-,21-,22+,23-,24?,28?/m0/s1. The fourth-order valence-electron chi connectivity index (χ4n) is 6.58. The number of thioether (sulfide) groups is 1. The molecule has 3 saturated heterocycles. The molecular formula is C28H38N2O6S. The van der Waals surface area contributed by atoms with Crippen molar-refractivity contribution in [3.63, 3.8) is 0 Å². The van der Waals surface area contributed by atoms with Gasteiger partial charge in [-0.25, -0.2) is 0 Å². The molecule has 1 spiro atoms. The third-order valence-electron chi connectivity index (χ3n) is 8.25. The summed E-state index contributed by atoms with van der Waals surface area (Å²) in [6, 6.07) is 5.81. The summed E-state index contributed by atoms with van der Waals surface area (Å²) in [7, 11) is 1.58. The van der Waals surface area contributed by atoms with Crippen molar-refractivity contribution in [2.45, 2.75) is 56.2 Å². The lowest BCUT2D eigenvalue weighted by Crippen LogP contribution is -2.60. The van der Waals surface area contributed by atoms with Crippen molar-refractivity contribution in [3.05, 3.63) is 36.9 Å². The van der Waals surface area contributed by atoms with Crippen LogP contribution in [0.3, 0.4) is 0 Å². The Labute approximate surface area is 223 Å². The van der Waals surface area contributed by atoms with Crippen molar-refractivity contribution in [1.29, 1.82) is 0 Å². The summed E-state index contributed by atoms with van der Waals surface area (Å²) in [4.78, 5) is 45.2. The Bertz CT molecular complexity index is 1050. The number of carbonyl (C=O) groups excluding carboxylic acids is 3. The molecule has 37 heavy (non-hydrogen) atoms. The number of rotatable bonds is 10. The second kappa shape index (κ2) is 10.7. The van der Waals surface area contributed by atoms with Gasteiger partial charge < -0.3 is 24.4 Å². The van der Waals surface area contributed by atoms with Crippen LogP contribution >= 0.6 is 11.8 Å². The van der Waals surface area contributed by atoms with Gasteiger partial charge in [0.1, 0.15) is 11.8 Å². The molecule has 0 aliphatic carbocycles. The number of benzene rings is 1. The Morgan fingerprint density at radius 1 is 1.32 bits per heavy atom. The number of fused-ring (bicyclic) bond motifs is 1. The molecule has 3 aliphatic heterocycles. The number of amides is 2. The Kier molecular flexibility index (Phi) is 7.95. The summed E-state index contributed by atoms with van der Waals surface area (Å²) in [6.45, 7) is 11.8. The molecule has 3 unspecified atom stereocenters. The van der Waals surface area contributed by atoms with Gasteiger partial charge in [0, 0.05) is 17.5 Å². The van der Waals surface area contributed by atoms with Crippen LogP contribution in [0.2, 0.25) is 0 Å². The van der Waals surface area contributed by atoms with E-state index in [2.05, 4.69) is 13.5 Å². The Morgan fingerprint density at radius 3 is 2.54 bits per heavy atom. The van der Waals surface area contributed by atoms with E-state index in [-0.39, 0.29) is 54.6 Å². The van der Waals surface area contributed by atoms with E-state index in [0.717, 1.165) is 6.42 Å². The van der Waals surface area contributed by atoms with Crippen LogP contribution in [0.25, 0.3) is 0 Å². The monoisotopic (exact) mass is 530 g/mol. The van der Waals surface area contributed by atoms with Crippen molar-refractivity contribution in [3.8, 4) is 5.75 Å². The van der Waals surface area contributed by atoms with Crippen LogP contribution in [-0.4, -0.2) is 76.7 Å². The molecule has 2 bridgehead atoms. The highest BCUT2D eigenvalue weighted by Crippen LogP contribution is 2.69. The summed E-state index contributed by atoms with van der Waals surface area (Å²) in [5.41, 5.74) is 0.662. The number of aliphatic hydroxyl groups excluding tert-OH is 1. The molecule has 1 N–H and O–H groups in total. The molecule has 0 saturated carbocycles. The van der Waals surface area contributed by atoms with Crippen LogP contribution < -0.4 is 9.64 Å². The summed E-state index contributed by atoms with van der Waals surface area (Å²) in [6.07, 6.45) is 2.39. The van der Waals surface area contributed by atoms with Gasteiger partial charge in [-0.2, -0.15) is 0 Å². The van der Waals surface area contributed by atoms with Gasteiger partial charge in [-0.05, 0) is 49.4 Å². The number of ether oxygens (including phenoxy) is 2. The molecule has 1 aromatic carbocycles. The topological polar surface area (TPSA) is 96.4 Å². The smallest absolute Gasteiger partial charge is 0.310 e. The highest BCUT2D eigenvalue weighted by atomic mass is 32.2. The minimum Gasteiger partial charge on any atom is -0.497 e. The van der Waals surface area contributed by atoms with Gasteiger partial charge in [-0.3, -0.25) is 14.4 Å². The third kappa shape index (κ3) is 4.24. The molecule has 7 atom stereocenters. The number of esters is 1. The maximum atomic E-state index is 14.6. The largest absolute Gasteiger partial charge is 0.497 e. The van der Waals surface area contributed by atoms with Crippen LogP contribution in [-0.2, 0) is 19.1 Å². The highest BCUT2D eigenvalue weighted by molar-refractivity contribution is 8.02. The average Bonchev–Trinajstić information content (AvgIpc) is 3.47. The molecule has 1 aromatic rings. The first-order valence-corrected chi connectivity index (χ1v) is 13.9. The molecule has 202 valence electrons. The van der Waals surface area contributed by atoms with Gasteiger partial charge in [0.05, 0.1) is 42.9 Å². The van der Waals surface area contributed by atoms with Crippen LogP contribution in [0.5, 0.6) is 5.75 Å². The van der Waals surface area contributed by atoms with E-state index in [9.17, 15) is 19.5 Å².